The number of thiazole rings is 1. The standard InChI is InChI=1S/C12H16N4OS/c13-8(4-3-7-15-14)11(17)12-16-9-5-1-2-6-10(9)18-12/h1-2,5-6,8,11,14,17H,3-4,7,13H2/t8-,11?/m0/s1. The first-order valence-electron chi connectivity index (χ1n) is 5.84. The van der Waals surface area contributed by atoms with Gasteiger partial charge in [-0.1, -0.05) is 12.1 Å². The Morgan fingerprint density at radius 1 is 1.44 bits per heavy atom. The van der Waals surface area contributed by atoms with Crippen LogP contribution in [0.25, 0.3) is 10.2 Å². The van der Waals surface area contributed by atoms with Crippen molar-refractivity contribution in [3.05, 3.63) is 29.3 Å². The summed E-state index contributed by atoms with van der Waals surface area (Å²) in [7, 11) is 0. The van der Waals surface area contributed by atoms with Crippen molar-refractivity contribution in [3.63, 3.8) is 0 Å². The van der Waals surface area contributed by atoms with Gasteiger partial charge >= 0.3 is 0 Å². The predicted octanol–water partition coefficient (Wildman–Crippen LogP) is 2.47. The van der Waals surface area contributed by atoms with Gasteiger partial charge in [0, 0.05) is 6.04 Å². The van der Waals surface area contributed by atoms with E-state index in [1.807, 2.05) is 24.3 Å². The Kier molecular flexibility index (Phi) is 4.35. The quantitative estimate of drug-likeness (QED) is 0.552. The maximum absolute atomic E-state index is 10.1. The molecule has 0 fully saturated rings. The minimum absolute atomic E-state index is 0.354. The zero-order chi connectivity index (χ0) is 13.0. The van der Waals surface area contributed by atoms with Gasteiger partial charge in [-0.3, -0.25) is 0 Å². The summed E-state index contributed by atoms with van der Waals surface area (Å²) < 4.78 is 1.06. The van der Waals surface area contributed by atoms with Crippen LogP contribution in [-0.4, -0.2) is 22.7 Å². The Hall–Kier alpha value is -1.37. The van der Waals surface area contributed by atoms with Crippen molar-refractivity contribution in [1.82, 2.24) is 4.98 Å². The van der Waals surface area contributed by atoms with E-state index in [9.17, 15) is 5.11 Å². The number of aromatic nitrogens is 1. The third-order valence-corrected chi connectivity index (χ3v) is 3.88. The number of para-hydroxylation sites is 1. The molecule has 4 N–H and O–H groups in total. The van der Waals surface area contributed by atoms with E-state index in [-0.39, 0.29) is 6.04 Å². The van der Waals surface area contributed by atoms with Gasteiger partial charge in [0.05, 0.1) is 16.8 Å². The maximum atomic E-state index is 10.1. The van der Waals surface area contributed by atoms with E-state index >= 15 is 0 Å². The molecular formula is C12H16N4OS. The van der Waals surface area contributed by atoms with Crippen LogP contribution in [0.1, 0.15) is 24.0 Å². The fourth-order valence-corrected chi connectivity index (χ4v) is 2.79. The van der Waals surface area contributed by atoms with Gasteiger partial charge in [0.2, 0.25) is 0 Å². The summed E-state index contributed by atoms with van der Waals surface area (Å²) in [4.78, 5) is 4.39. The molecule has 2 rings (SSSR count). The van der Waals surface area contributed by atoms with Gasteiger partial charge in [-0.25, -0.2) is 10.5 Å². The van der Waals surface area contributed by atoms with Crippen LogP contribution in [0.2, 0.25) is 0 Å². The van der Waals surface area contributed by atoms with Crippen LogP contribution in [0.3, 0.4) is 0 Å². The first-order chi connectivity index (χ1) is 8.72. The molecule has 1 heterocycles. The third kappa shape index (κ3) is 2.90. The third-order valence-electron chi connectivity index (χ3n) is 2.78. The Morgan fingerprint density at radius 2 is 2.22 bits per heavy atom. The van der Waals surface area contributed by atoms with Crippen molar-refractivity contribution in [3.8, 4) is 0 Å². The monoisotopic (exact) mass is 264 g/mol. The van der Waals surface area contributed by atoms with Crippen LogP contribution >= 0.6 is 11.3 Å². The van der Waals surface area contributed by atoms with E-state index in [0.717, 1.165) is 10.2 Å². The number of hydrogen-bond acceptors (Lipinski definition) is 6. The van der Waals surface area contributed by atoms with Crippen molar-refractivity contribution in [1.29, 1.82) is 5.53 Å². The maximum Gasteiger partial charge on any atom is 0.124 e. The Labute approximate surface area is 109 Å². The van der Waals surface area contributed by atoms with E-state index in [4.69, 9.17) is 11.3 Å². The average molecular weight is 264 g/mol. The number of nitrogens with zero attached hydrogens (tertiary/aromatic N) is 2. The molecule has 0 spiro atoms. The average Bonchev–Trinajstić information content (AvgIpc) is 2.81. The molecule has 0 amide bonds. The smallest absolute Gasteiger partial charge is 0.124 e. The second kappa shape index (κ2) is 5.99. The molecule has 0 saturated heterocycles. The lowest BCUT2D eigenvalue weighted by molar-refractivity contribution is 0.141. The molecule has 2 atom stereocenters. The Bertz CT molecular complexity index is 495. The van der Waals surface area contributed by atoms with E-state index in [0.29, 0.717) is 24.4 Å². The lowest BCUT2D eigenvalue weighted by Crippen LogP contribution is -2.28. The Morgan fingerprint density at radius 3 is 2.94 bits per heavy atom. The molecule has 1 aromatic heterocycles. The van der Waals surface area contributed by atoms with E-state index in [1.165, 1.54) is 11.3 Å². The number of rotatable bonds is 6. The zero-order valence-electron chi connectivity index (χ0n) is 9.91. The van der Waals surface area contributed by atoms with E-state index in [2.05, 4.69) is 10.1 Å². The van der Waals surface area contributed by atoms with Crippen LogP contribution in [0.4, 0.5) is 0 Å². The van der Waals surface area contributed by atoms with Crippen molar-refractivity contribution in [2.24, 2.45) is 10.8 Å². The van der Waals surface area contributed by atoms with Crippen LogP contribution in [-0.2, 0) is 0 Å². The molecule has 18 heavy (non-hydrogen) atoms. The van der Waals surface area contributed by atoms with E-state index < -0.39 is 6.10 Å². The summed E-state index contributed by atoms with van der Waals surface area (Å²) in [5.41, 5.74) is 13.5. The fourth-order valence-electron chi connectivity index (χ4n) is 1.76. The zero-order valence-corrected chi connectivity index (χ0v) is 10.7. The minimum atomic E-state index is -0.742. The van der Waals surface area contributed by atoms with Crippen LogP contribution in [0.15, 0.2) is 29.4 Å². The first-order valence-corrected chi connectivity index (χ1v) is 6.66. The van der Waals surface area contributed by atoms with Crippen molar-refractivity contribution in [2.75, 3.05) is 6.54 Å². The lowest BCUT2D eigenvalue weighted by Gasteiger charge is -2.15. The van der Waals surface area contributed by atoms with Gasteiger partial charge in [-0.2, -0.15) is 5.11 Å². The van der Waals surface area contributed by atoms with Crippen LogP contribution in [0, 0.1) is 5.53 Å². The second-order valence-electron chi connectivity index (χ2n) is 4.15. The molecule has 5 nitrogen and oxygen atoms in total. The van der Waals surface area contributed by atoms with Gasteiger partial charge in [-0.05, 0) is 25.0 Å². The van der Waals surface area contributed by atoms with Gasteiger partial charge in [-0.15, -0.1) is 11.3 Å². The molecule has 0 bridgehead atoms. The highest BCUT2D eigenvalue weighted by atomic mass is 32.1. The molecule has 96 valence electrons. The van der Waals surface area contributed by atoms with Crippen LogP contribution < -0.4 is 5.73 Å². The highest BCUT2D eigenvalue weighted by molar-refractivity contribution is 7.18. The number of nitrogens with one attached hydrogen (secondary N) is 1. The van der Waals surface area contributed by atoms with Crippen molar-refractivity contribution in [2.45, 2.75) is 25.0 Å². The summed E-state index contributed by atoms with van der Waals surface area (Å²) in [5.74, 6) is 0. The van der Waals surface area contributed by atoms with Crippen molar-refractivity contribution < 1.29 is 5.11 Å². The van der Waals surface area contributed by atoms with E-state index in [1.54, 1.807) is 0 Å². The summed E-state index contributed by atoms with van der Waals surface area (Å²) in [6, 6.07) is 7.42. The number of benzene rings is 1. The molecule has 0 radical (unpaired) electrons. The molecule has 1 aromatic carbocycles. The Balaban J connectivity index is 2.07. The summed E-state index contributed by atoms with van der Waals surface area (Å²) in [6.07, 6.45) is 0.611. The highest BCUT2D eigenvalue weighted by Crippen LogP contribution is 2.28. The first kappa shape index (κ1) is 13.1. The summed E-state index contributed by atoms with van der Waals surface area (Å²) in [5, 5.41) is 14.1. The van der Waals surface area contributed by atoms with Gasteiger partial charge < -0.3 is 10.8 Å². The number of fused-ring (bicyclic) bond motifs is 1. The van der Waals surface area contributed by atoms with Gasteiger partial charge in [0.15, 0.2) is 0 Å². The normalized spacial score (nSPS) is 14.6. The summed E-state index contributed by atoms with van der Waals surface area (Å²) >= 11 is 1.47. The molecule has 0 aliphatic rings. The number of aliphatic hydroxyl groups is 1. The molecule has 0 aliphatic heterocycles. The summed E-state index contributed by atoms with van der Waals surface area (Å²) in [6.45, 7) is 0.459. The highest BCUT2D eigenvalue weighted by Gasteiger charge is 2.20. The van der Waals surface area contributed by atoms with Crippen molar-refractivity contribution >= 4 is 21.6 Å². The lowest BCUT2D eigenvalue weighted by atomic mass is 10.1. The van der Waals surface area contributed by atoms with Crippen LogP contribution in [0.5, 0.6) is 0 Å². The number of aliphatic hydroxyl groups excluding tert-OH is 1. The molecule has 0 saturated carbocycles. The number of nitrogens with two attached hydrogens (primary N) is 1. The molecular weight excluding hydrogens is 248 g/mol. The predicted molar refractivity (Wildman–Crippen MR) is 71.8 cm³/mol. The fraction of sp³-hybridized carbons (Fsp3) is 0.417. The topological polar surface area (TPSA) is 95.4 Å². The second-order valence-corrected chi connectivity index (χ2v) is 5.21. The van der Waals surface area contributed by atoms with Gasteiger partial charge in [0.1, 0.15) is 11.1 Å². The molecule has 6 heteroatoms. The molecule has 0 aliphatic carbocycles. The molecule has 1 unspecified atom stereocenters. The largest absolute Gasteiger partial charge is 0.384 e. The van der Waals surface area contributed by atoms with Gasteiger partial charge in [0.25, 0.3) is 0 Å². The number of hydrogen-bond donors (Lipinski definition) is 3. The minimum Gasteiger partial charge on any atom is -0.384 e. The molecule has 2 aromatic rings. The SMILES string of the molecule is N=NCCC[C@H](N)C(O)c1nc2ccccc2s1.